The van der Waals surface area contributed by atoms with Gasteiger partial charge in [-0.15, -0.1) is 0 Å². The Bertz CT molecular complexity index is 1240. The fourth-order valence-corrected chi connectivity index (χ4v) is 6.04. The van der Waals surface area contributed by atoms with Gasteiger partial charge in [-0.1, -0.05) is 30.3 Å². The molecular formula is C25H27NO6S. The fourth-order valence-electron chi connectivity index (χ4n) is 4.27. The normalized spacial score (nSPS) is 16.1. The Hall–Kier alpha value is -3.23. The van der Waals surface area contributed by atoms with E-state index in [0.717, 1.165) is 16.7 Å². The van der Waals surface area contributed by atoms with Gasteiger partial charge < -0.3 is 18.9 Å². The molecule has 3 aromatic rings. The van der Waals surface area contributed by atoms with Crippen molar-refractivity contribution in [3.8, 4) is 23.0 Å². The molecule has 7 nitrogen and oxygen atoms in total. The molecule has 0 radical (unpaired) electrons. The number of hydrogen-bond donors (Lipinski definition) is 0. The quantitative estimate of drug-likeness (QED) is 0.520. The van der Waals surface area contributed by atoms with Crippen LogP contribution in [-0.4, -0.2) is 47.7 Å². The number of hydrogen-bond acceptors (Lipinski definition) is 6. The van der Waals surface area contributed by atoms with E-state index in [1.165, 1.54) is 24.6 Å². The monoisotopic (exact) mass is 469 g/mol. The van der Waals surface area contributed by atoms with E-state index in [1.807, 2.05) is 42.5 Å². The van der Waals surface area contributed by atoms with Crippen molar-refractivity contribution in [1.82, 2.24) is 4.31 Å². The molecule has 174 valence electrons. The van der Waals surface area contributed by atoms with Crippen LogP contribution >= 0.6 is 0 Å². The zero-order valence-electron chi connectivity index (χ0n) is 19.1. The van der Waals surface area contributed by atoms with E-state index in [-0.39, 0.29) is 10.6 Å². The number of rotatable bonds is 7. The third-order valence-electron chi connectivity index (χ3n) is 5.90. The SMILES string of the molecule is COc1ccc(OC)c(S(=O)(=O)N2CCc3cc(OC)c(OC)cc3C2c2ccccc2)c1. The molecular weight excluding hydrogens is 442 g/mol. The first-order valence-corrected chi connectivity index (χ1v) is 11.9. The van der Waals surface area contributed by atoms with Gasteiger partial charge in [0.1, 0.15) is 16.4 Å². The maximum atomic E-state index is 14.0. The average Bonchev–Trinajstić information content (AvgIpc) is 2.86. The van der Waals surface area contributed by atoms with Gasteiger partial charge in [0.25, 0.3) is 0 Å². The summed E-state index contributed by atoms with van der Waals surface area (Å²) in [5, 5.41) is 0. The lowest BCUT2D eigenvalue weighted by Gasteiger charge is -2.37. The van der Waals surface area contributed by atoms with Crippen LogP contribution in [0.2, 0.25) is 0 Å². The first-order chi connectivity index (χ1) is 15.9. The standard InChI is InChI=1S/C25H27NO6S/c1-29-19-10-11-21(30-2)24(15-19)33(27,28)26-13-12-18-14-22(31-3)23(32-4)16-20(18)25(26)17-8-6-5-7-9-17/h5-11,14-16,25H,12-13H2,1-4H3. The van der Waals surface area contributed by atoms with Crippen molar-refractivity contribution >= 4 is 10.0 Å². The minimum Gasteiger partial charge on any atom is -0.497 e. The number of benzene rings is 3. The van der Waals surface area contributed by atoms with E-state index < -0.39 is 16.1 Å². The average molecular weight is 470 g/mol. The molecule has 33 heavy (non-hydrogen) atoms. The van der Waals surface area contributed by atoms with Crippen molar-refractivity contribution in [2.45, 2.75) is 17.4 Å². The Morgan fingerprint density at radius 2 is 1.45 bits per heavy atom. The van der Waals surface area contributed by atoms with Crippen LogP contribution in [0.15, 0.2) is 65.6 Å². The summed E-state index contributed by atoms with van der Waals surface area (Å²) in [4.78, 5) is 0.0641. The van der Waals surface area contributed by atoms with Gasteiger partial charge in [0.15, 0.2) is 11.5 Å². The van der Waals surface area contributed by atoms with E-state index in [4.69, 9.17) is 18.9 Å². The van der Waals surface area contributed by atoms with Crippen molar-refractivity contribution < 1.29 is 27.4 Å². The van der Waals surface area contributed by atoms with Crippen molar-refractivity contribution in [3.05, 3.63) is 77.4 Å². The molecule has 0 aromatic heterocycles. The summed E-state index contributed by atoms with van der Waals surface area (Å²) in [7, 11) is 2.16. The van der Waals surface area contributed by atoms with E-state index in [1.54, 1.807) is 26.4 Å². The molecule has 0 amide bonds. The molecule has 0 fully saturated rings. The van der Waals surface area contributed by atoms with E-state index in [2.05, 4.69) is 0 Å². The largest absolute Gasteiger partial charge is 0.497 e. The summed E-state index contributed by atoms with van der Waals surface area (Å²) in [5.41, 5.74) is 2.73. The summed E-state index contributed by atoms with van der Waals surface area (Å²) in [6.45, 7) is 0.296. The highest BCUT2D eigenvalue weighted by Gasteiger charge is 2.39. The molecule has 8 heteroatoms. The molecule has 1 aliphatic rings. The van der Waals surface area contributed by atoms with Gasteiger partial charge in [0, 0.05) is 12.6 Å². The van der Waals surface area contributed by atoms with Crippen LogP contribution in [0.1, 0.15) is 22.7 Å². The lowest BCUT2D eigenvalue weighted by Crippen LogP contribution is -2.40. The van der Waals surface area contributed by atoms with Crippen molar-refractivity contribution in [2.24, 2.45) is 0 Å². The highest BCUT2D eigenvalue weighted by Crippen LogP contribution is 2.44. The third-order valence-corrected chi connectivity index (χ3v) is 7.79. The first-order valence-electron chi connectivity index (χ1n) is 10.5. The molecule has 0 spiro atoms. The van der Waals surface area contributed by atoms with Gasteiger partial charge in [-0.2, -0.15) is 4.31 Å². The molecule has 0 saturated heterocycles. The summed E-state index contributed by atoms with van der Waals surface area (Å²) in [5.74, 6) is 1.87. The lowest BCUT2D eigenvalue weighted by atomic mass is 9.89. The molecule has 1 aliphatic heterocycles. The van der Waals surface area contributed by atoms with Crippen molar-refractivity contribution in [3.63, 3.8) is 0 Å². The molecule has 0 bridgehead atoms. The first kappa shape index (κ1) is 22.9. The van der Waals surface area contributed by atoms with Crippen LogP contribution in [0.25, 0.3) is 0 Å². The maximum Gasteiger partial charge on any atom is 0.247 e. The summed E-state index contributed by atoms with van der Waals surface area (Å²) < 4.78 is 51.3. The van der Waals surface area contributed by atoms with E-state index in [0.29, 0.717) is 30.2 Å². The smallest absolute Gasteiger partial charge is 0.247 e. The lowest BCUT2D eigenvalue weighted by molar-refractivity contribution is 0.329. The van der Waals surface area contributed by atoms with Gasteiger partial charge in [-0.05, 0) is 47.4 Å². The Morgan fingerprint density at radius 1 is 0.788 bits per heavy atom. The molecule has 0 aliphatic carbocycles. The van der Waals surface area contributed by atoms with Gasteiger partial charge in [0.05, 0.1) is 34.5 Å². The van der Waals surface area contributed by atoms with Crippen LogP contribution in [0.3, 0.4) is 0 Å². The van der Waals surface area contributed by atoms with E-state index in [9.17, 15) is 8.42 Å². The Labute approximate surface area is 194 Å². The Morgan fingerprint density at radius 3 is 2.09 bits per heavy atom. The van der Waals surface area contributed by atoms with Gasteiger partial charge >= 0.3 is 0 Å². The zero-order chi connectivity index (χ0) is 23.6. The number of methoxy groups -OCH3 is 4. The number of fused-ring (bicyclic) bond motifs is 1. The third kappa shape index (κ3) is 4.12. The van der Waals surface area contributed by atoms with Gasteiger partial charge in [-0.25, -0.2) is 8.42 Å². The summed E-state index contributed by atoms with van der Waals surface area (Å²) in [6, 6.07) is 17.6. The van der Waals surface area contributed by atoms with Crippen LogP contribution in [0, 0.1) is 0 Å². The van der Waals surface area contributed by atoms with Crippen molar-refractivity contribution in [1.29, 1.82) is 0 Å². The highest BCUT2D eigenvalue weighted by atomic mass is 32.2. The topological polar surface area (TPSA) is 74.3 Å². The molecule has 4 rings (SSSR count). The minimum atomic E-state index is -3.96. The highest BCUT2D eigenvalue weighted by molar-refractivity contribution is 7.89. The zero-order valence-corrected chi connectivity index (χ0v) is 19.9. The molecule has 0 N–H and O–H groups in total. The van der Waals surface area contributed by atoms with E-state index >= 15 is 0 Å². The predicted octanol–water partition coefficient (Wildman–Crippen LogP) is 4.06. The van der Waals surface area contributed by atoms with Gasteiger partial charge in [0.2, 0.25) is 10.0 Å². The molecule has 0 saturated carbocycles. The summed E-state index contributed by atoms with van der Waals surface area (Å²) >= 11 is 0. The molecule has 3 aromatic carbocycles. The predicted molar refractivity (Wildman–Crippen MR) is 125 cm³/mol. The molecule has 1 unspecified atom stereocenters. The van der Waals surface area contributed by atoms with Crippen LogP contribution in [-0.2, 0) is 16.4 Å². The second-order valence-corrected chi connectivity index (χ2v) is 9.46. The summed E-state index contributed by atoms with van der Waals surface area (Å²) in [6.07, 6.45) is 0.532. The fraction of sp³-hybridized carbons (Fsp3) is 0.280. The van der Waals surface area contributed by atoms with Crippen molar-refractivity contribution in [2.75, 3.05) is 35.0 Å². The Balaban J connectivity index is 1.92. The van der Waals surface area contributed by atoms with Crippen LogP contribution in [0.5, 0.6) is 23.0 Å². The minimum absolute atomic E-state index is 0.0641. The second kappa shape index (κ2) is 9.33. The molecule has 1 atom stereocenters. The van der Waals surface area contributed by atoms with Crippen LogP contribution < -0.4 is 18.9 Å². The second-order valence-electron chi connectivity index (χ2n) is 7.60. The number of nitrogens with zero attached hydrogens (tertiary/aromatic N) is 1. The Kier molecular flexibility index (Phi) is 6.49. The number of ether oxygens (including phenoxy) is 4. The maximum absolute atomic E-state index is 14.0. The molecule has 1 heterocycles. The van der Waals surface area contributed by atoms with Crippen LogP contribution in [0.4, 0.5) is 0 Å². The van der Waals surface area contributed by atoms with Gasteiger partial charge in [-0.3, -0.25) is 0 Å². The number of sulfonamides is 1.